The van der Waals surface area contributed by atoms with E-state index in [1.165, 1.54) is 17.0 Å². The van der Waals surface area contributed by atoms with Crippen LogP contribution in [-0.4, -0.2) is 31.6 Å². The fourth-order valence-electron chi connectivity index (χ4n) is 2.73. The highest BCUT2D eigenvalue weighted by atomic mass is 19.1. The van der Waals surface area contributed by atoms with Gasteiger partial charge in [0.15, 0.2) is 0 Å². The van der Waals surface area contributed by atoms with Gasteiger partial charge in [0.1, 0.15) is 11.6 Å². The van der Waals surface area contributed by atoms with Gasteiger partial charge in [0.2, 0.25) is 5.91 Å². The van der Waals surface area contributed by atoms with Gasteiger partial charge in [0.05, 0.1) is 13.2 Å². The summed E-state index contributed by atoms with van der Waals surface area (Å²) in [7, 11) is 1.55. The Hall–Kier alpha value is -3.09. The summed E-state index contributed by atoms with van der Waals surface area (Å²) in [5, 5.41) is 5.49. The molecule has 3 rings (SSSR count). The van der Waals surface area contributed by atoms with Gasteiger partial charge in [-0.1, -0.05) is 6.07 Å². The Labute approximate surface area is 144 Å². The van der Waals surface area contributed by atoms with Gasteiger partial charge in [-0.2, -0.15) is 0 Å². The average Bonchev–Trinajstić information content (AvgIpc) is 2.95. The van der Waals surface area contributed by atoms with Gasteiger partial charge in [-0.25, -0.2) is 9.18 Å². The Morgan fingerprint density at radius 2 is 2.00 bits per heavy atom. The molecule has 0 aliphatic carbocycles. The summed E-state index contributed by atoms with van der Waals surface area (Å²) in [5.74, 6) is 0.164. The lowest BCUT2D eigenvalue weighted by molar-refractivity contribution is -0.117. The van der Waals surface area contributed by atoms with Crippen LogP contribution in [0.2, 0.25) is 0 Å². The largest absolute Gasteiger partial charge is 0.497 e. The summed E-state index contributed by atoms with van der Waals surface area (Å²) < 4.78 is 18.1. The number of nitrogens with zero attached hydrogens (tertiary/aromatic N) is 1. The van der Waals surface area contributed by atoms with E-state index in [2.05, 4.69) is 10.6 Å². The Morgan fingerprint density at radius 1 is 1.24 bits per heavy atom. The number of hydrogen-bond acceptors (Lipinski definition) is 3. The van der Waals surface area contributed by atoms with Crippen LogP contribution in [0.5, 0.6) is 5.75 Å². The zero-order valence-corrected chi connectivity index (χ0v) is 13.7. The molecule has 0 spiro atoms. The van der Waals surface area contributed by atoms with Crippen molar-refractivity contribution in [1.82, 2.24) is 5.32 Å². The number of urea groups is 1. The van der Waals surface area contributed by atoms with Gasteiger partial charge in [-0.3, -0.25) is 4.79 Å². The molecule has 7 heteroatoms. The molecule has 25 heavy (non-hydrogen) atoms. The molecule has 1 fully saturated rings. The number of ether oxygens (including phenoxy) is 1. The summed E-state index contributed by atoms with van der Waals surface area (Å²) >= 11 is 0. The predicted molar refractivity (Wildman–Crippen MR) is 92.3 cm³/mol. The minimum Gasteiger partial charge on any atom is -0.497 e. The molecule has 130 valence electrons. The van der Waals surface area contributed by atoms with Gasteiger partial charge in [0, 0.05) is 30.4 Å². The molecule has 1 aliphatic heterocycles. The molecule has 2 aromatic carbocycles. The molecule has 1 heterocycles. The van der Waals surface area contributed by atoms with Crippen LogP contribution in [0.1, 0.15) is 6.42 Å². The van der Waals surface area contributed by atoms with Crippen molar-refractivity contribution >= 4 is 23.3 Å². The van der Waals surface area contributed by atoms with Crippen LogP contribution in [0.3, 0.4) is 0 Å². The minimum atomic E-state index is -0.396. The second kappa shape index (κ2) is 7.21. The fourth-order valence-corrected chi connectivity index (χ4v) is 2.73. The van der Waals surface area contributed by atoms with Crippen LogP contribution in [0.4, 0.5) is 20.6 Å². The van der Waals surface area contributed by atoms with E-state index in [1.807, 2.05) is 0 Å². The Balaban J connectivity index is 1.59. The zero-order valence-electron chi connectivity index (χ0n) is 13.7. The smallest absolute Gasteiger partial charge is 0.319 e. The topological polar surface area (TPSA) is 70.7 Å². The van der Waals surface area contributed by atoms with E-state index < -0.39 is 6.03 Å². The number of halogens is 1. The number of carbonyl (C=O) groups excluding carboxylic acids is 2. The van der Waals surface area contributed by atoms with Crippen LogP contribution in [0, 0.1) is 5.82 Å². The second-order valence-electron chi connectivity index (χ2n) is 5.71. The van der Waals surface area contributed by atoms with E-state index in [-0.39, 0.29) is 24.2 Å². The first-order valence-corrected chi connectivity index (χ1v) is 7.82. The summed E-state index contributed by atoms with van der Waals surface area (Å²) in [5.41, 5.74) is 1.21. The van der Waals surface area contributed by atoms with Crippen LogP contribution in [0.25, 0.3) is 0 Å². The molecule has 1 saturated heterocycles. The van der Waals surface area contributed by atoms with Crippen molar-refractivity contribution in [2.45, 2.75) is 12.5 Å². The normalized spacial score (nSPS) is 16.6. The van der Waals surface area contributed by atoms with Gasteiger partial charge < -0.3 is 20.3 Å². The van der Waals surface area contributed by atoms with Crippen LogP contribution in [-0.2, 0) is 4.79 Å². The molecule has 6 nitrogen and oxygen atoms in total. The molecule has 0 saturated carbocycles. The Kier molecular flexibility index (Phi) is 4.83. The van der Waals surface area contributed by atoms with Gasteiger partial charge in [-0.15, -0.1) is 0 Å². The highest BCUT2D eigenvalue weighted by molar-refractivity contribution is 5.97. The Bertz CT molecular complexity index is 779. The van der Waals surface area contributed by atoms with Crippen molar-refractivity contribution in [2.24, 2.45) is 0 Å². The number of anilines is 2. The van der Waals surface area contributed by atoms with E-state index in [4.69, 9.17) is 4.74 Å². The van der Waals surface area contributed by atoms with Crippen LogP contribution in [0.15, 0.2) is 48.5 Å². The SMILES string of the molecule is COc1cccc(NC(=O)N[C@@H]2CC(=O)N(c3ccc(F)cc3)C2)c1. The molecule has 0 bridgehead atoms. The zero-order chi connectivity index (χ0) is 17.8. The van der Waals surface area contributed by atoms with Crippen molar-refractivity contribution in [3.8, 4) is 5.75 Å². The summed E-state index contributed by atoms with van der Waals surface area (Å²) in [6.07, 6.45) is 0.197. The lowest BCUT2D eigenvalue weighted by atomic mass is 10.2. The average molecular weight is 343 g/mol. The first-order valence-electron chi connectivity index (χ1n) is 7.82. The number of benzene rings is 2. The summed E-state index contributed by atoms with van der Waals surface area (Å²) in [6.45, 7) is 0.343. The van der Waals surface area contributed by atoms with Gasteiger partial charge >= 0.3 is 6.03 Å². The number of rotatable bonds is 4. The Morgan fingerprint density at radius 3 is 2.72 bits per heavy atom. The van der Waals surface area contributed by atoms with E-state index in [0.29, 0.717) is 23.7 Å². The minimum absolute atomic E-state index is 0.113. The maximum atomic E-state index is 13.0. The van der Waals surface area contributed by atoms with Gasteiger partial charge in [-0.05, 0) is 36.4 Å². The molecular formula is C18H18FN3O3. The number of methoxy groups -OCH3 is 1. The van der Waals surface area contributed by atoms with E-state index in [1.54, 1.807) is 43.5 Å². The van der Waals surface area contributed by atoms with Crippen molar-refractivity contribution < 1.29 is 18.7 Å². The molecule has 0 radical (unpaired) electrons. The maximum Gasteiger partial charge on any atom is 0.319 e. The first-order chi connectivity index (χ1) is 12.0. The van der Waals surface area contributed by atoms with E-state index in [0.717, 1.165) is 0 Å². The number of hydrogen-bond donors (Lipinski definition) is 2. The summed E-state index contributed by atoms with van der Waals surface area (Å²) in [4.78, 5) is 25.8. The number of amides is 3. The lowest BCUT2D eigenvalue weighted by Gasteiger charge is -2.17. The maximum absolute atomic E-state index is 13.0. The van der Waals surface area contributed by atoms with Crippen LogP contribution >= 0.6 is 0 Å². The van der Waals surface area contributed by atoms with Crippen molar-refractivity contribution in [3.05, 3.63) is 54.3 Å². The molecule has 1 aliphatic rings. The lowest BCUT2D eigenvalue weighted by Crippen LogP contribution is -2.39. The molecular weight excluding hydrogens is 325 g/mol. The second-order valence-corrected chi connectivity index (χ2v) is 5.71. The molecule has 0 aromatic heterocycles. The quantitative estimate of drug-likeness (QED) is 0.897. The first kappa shape index (κ1) is 16.8. The molecule has 2 N–H and O–H groups in total. The summed E-state index contributed by atoms with van der Waals surface area (Å²) in [6, 6.07) is 12.0. The van der Waals surface area contributed by atoms with Crippen molar-refractivity contribution in [3.63, 3.8) is 0 Å². The number of carbonyl (C=O) groups is 2. The monoisotopic (exact) mass is 343 g/mol. The van der Waals surface area contributed by atoms with Crippen molar-refractivity contribution in [1.29, 1.82) is 0 Å². The van der Waals surface area contributed by atoms with Crippen molar-refractivity contribution in [2.75, 3.05) is 23.9 Å². The highest BCUT2D eigenvalue weighted by Gasteiger charge is 2.31. The molecule has 1 atom stereocenters. The molecule has 2 aromatic rings. The highest BCUT2D eigenvalue weighted by Crippen LogP contribution is 2.22. The van der Waals surface area contributed by atoms with E-state index in [9.17, 15) is 14.0 Å². The van der Waals surface area contributed by atoms with Gasteiger partial charge in [0.25, 0.3) is 0 Å². The van der Waals surface area contributed by atoms with Crippen LogP contribution < -0.4 is 20.3 Å². The standard InChI is InChI=1S/C18H18FN3O3/c1-25-16-4-2-3-13(9-16)20-18(24)21-14-10-17(23)22(11-14)15-7-5-12(19)6-8-15/h2-9,14H,10-11H2,1H3,(H2,20,21,24)/t14-/m1/s1. The fraction of sp³-hybridized carbons (Fsp3) is 0.222. The molecule has 3 amide bonds. The molecule has 0 unspecified atom stereocenters. The third kappa shape index (κ3) is 4.06. The third-order valence-electron chi connectivity index (χ3n) is 3.93. The number of nitrogens with one attached hydrogen (secondary N) is 2. The van der Waals surface area contributed by atoms with E-state index >= 15 is 0 Å². The predicted octanol–water partition coefficient (Wildman–Crippen LogP) is 2.76. The third-order valence-corrected chi connectivity index (χ3v) is 3.93.